The van der Waals surface area contributed by atoms with Crippen LogP contribution >= 0.6 is 0 Å². The van der Waals surface area contributed by atoms with Crippen LogP contribution in [0.25, 0.3) is 11.0 Å². The van der Waals surface area contributed by atoms with E-state index in [2.05, 4.69) is 10.1 Å². The van der Waals surface area contributed by atoms with E-state index in [0.717, 1.165) is 62.8 Å². The molecule has 2 aromatic carbocycles. The summed E-state index contributed by atoms with van der Waals surface area (Å²) >= 11 is 0. The van der Waals surface area contributed by atoms with Gasteiger partial charge in [0.2, 0.25) is 0 Å². The van der Waals surface area contributed by atoms with Crippen molar-refractivity contribution in [2.24, 2.45) is 0 Å². The first kappa shape index (κ1) is 20.8. The maximum Gasteiger partial charge on any atom is 0.261 e. The summed E-state index contributed by atoms with van der Waals surface area (Å²) in [7, 11) is 0. The van der Waals surface area contributed by atoms with Crippen LogP contribution in [0.2, 0.25) is 0 Å². The molecule has 1 aromatic heterocycles. The molecular weight excluding hydrogens is 409 g/mol. The summed E-state index contributed by atoms with van der Waals surface area (Å²) in [6.07, 6.45) is 4.86. The molecule has 3 aromatic rings. The van der Waals surface area contributed by atoms with Gasteiger partial charge in [0.05, 0.1) is 16.8 Å². The Morgan fingerprint density at radius 3 is 2.34 bits per heavy atom. The fraction of sp³-hybridized carbons (Fsp3) is 0.400. The number of hydrogen-bond acceptors (Lipinski definition) is 5. The number of aromatic nitrogens is 1. The van der Waals surface area contributed by atoms with E-state index in [1.54, 1.807) is 30.3 Å². The zero-order chi connectivity index (χ0) is 22.1. The molecule has 1 saturated heterocycles. The number of carbonyl (C=O) groups is 2. The predicted octanol–water partition coefficient (Wildman–Crippen LogP) is 4.61. The lowest BCUT2D eigenvalue weighted by Gasteiger charge is -2.31. The quantitative estimate of drug-likeness (QED) is 0.400. The molecule has 3 heterocycles. The number of unbranched alkanes of at least 4 members (excludes halogenated alkanes) is 2. The number of imide groups is 1. The van der Waals surface area contributed by atoms with Crippen molar-refractivity contribution in [3.63, 3.8) is 0 Å². The first-order valence-corrected chi connectivity index (χ1v) is 11.3. The Morgan fingerprint density at radius 2 is 1.62 bits per heavy atom. The van der Waals surface area contributed by atoms with Gasteiger partial charge in [-0.3, -0.25) is 14.5 Å². The second-order valence-electron chi connectivity index (χ2n) is 8.69. The average Bonchev–Trinajstić information content (AvgIpc) is 3.33. The molecule has 0 aliphatic carbocycles. The number of nitrogens with zero attached hydrogens (tertiary/aromatic N) is 3. The van der Waals surface area contributed by atoms with Crippen LogP contribution in [-0.2, 0) is 0 Å². The van der Waals surface area contributed by atoms with Gasteiger partial charge < -0.3 is 9.42 Å². The van der Waals surface area contributed by atoms with E-state index in [4.69, 9.17) is 4.52 Å². The average molecular weight is 435 g/mol. The highest BCUT2D eigenvalue weighted by Gasteiger charge is 2.34. The van der Waals surface area contributed by atoms with Crippen LogP contribution in [0, 0.1) is 5.82 Å². The molecule has 2 amide bonds. The molecule has 1 fully saturated rings. The molecular formula is C25H26FN3O3. The minimum atomic E-state index is -0.307. The van der Waals surface area contributed by atoms with E-state index in [9.17, 15) is 14.0 Å². The maximum absolute atomic E-state index is 13.4. The Hall–Kier alpha value is -3.06. The minimum absolute atomic E-state index is 0.171. The Balaban J connectivity index is 1.04. The van der Waals surface area contributed by atoms with Gasteiger partial charge in [0.25, 0.3) is 11.8 Å². The SMILES string of the molecule is O=C1c2ccccc2C(=O)N1CCCCCN1CCC(c2noc3cc(F)ccc23)CC1. The molecule has 2 aliphatic rings. The van der Waals surface area contributed by atoms with E-state index in [-0.39, 0.29) is 17.6 Å². The van der Waals surface area contributed by atoms with Crippen LogP contribution in [0.4, 0.5) is 4.39 Å². The molecule has 7 heteroatoms. The van der Waals surface area contributed by atoms with Gasteiger partial charge in [-0.25, -0.2) is 4.39 Å². The standard InChI is InChI=1S/C25H26FN3O3/c26-18-8-9-21-22(16-18)32-27-23(21)17-10-14-28(15-11-17)12-4-1-5-13-29-24(30)19-6-2-3-7-20(19)25(29)31/h2-3,6-9,16-17H,1,4-5,10-15H2. The third-order valence-electron chi connectivity index (χ3n) is 6.67. The molecule has 0 radical (unpaired) electrons. The topological polar surface area (TPSA) is 66.7 Å². The van der Waals surface area contributed by atoms with Gasteiger partial charge in [-0.05, 0) is 69.6 Å². The Labute approximate surface area is 186 Å². The van der Waals surface area contributed by atoms with Gasteiger partial charge in [0.1, 0.15) is 5.82 Å². The molecule has 2 aliphatic heterocycles. The first-order chi connectivity index (χ1) is 15.6. The highest BCUT2D eigenvalue weighted by atomic mass is 19.1. The van der Waals surface area contributed by atoms with Crippen LogP contribution in [0.5, 0.6) is 0 Å². The van der Waals surface area contributed by atoms with Crippen LogP contribution in [0.15, 0.2) is 47.0 Å². The molecule has 0 unspecified atom stereocenters. The summed E-state index contributed by atoms with van der Waals surface area (Å²) in [5, 5.41) is 5.13. The van der Waals surface area contributed by atoms with Crippen LogP contribution in [0.1, 0.15) is 64.4 Å². The smallest absolute Gasteiger partial charge is 0.261 e. The van der Waals surface area contributed by atoms with Gasteiger partial charge in [0, 0.05) is 23.9 Å². The van der Waals surface area contributed by atoms with Crippen molar-refractivity contribution >= 4 is 22.8 Å². The van der Waals surface area contributed by atoms with Crippen LogP contribution in [-0.4, -0.2) is 52.9 Å². The zero-order valence-electron chi connectivity index (χ0n) is 17.9. The molecule has 0 saturated carbocycles. The van der Waals surface area contributed by atoms with Gasteiger partial charge in [0.15, 0.2) is 5.58 Å². The van der Waals surface area contributed by atoms with Crippen molar-refractivity contribution in [1.82, 2.24) is 15.0 Å². The molecule has 0 atom stereocenters. The number of halogens is 1. The molecule has 0 spiro atoms. The largest absolute Gasteiger partial charge is 0.356 e. The molecule has 5 rings (SSSR count). The van der Waals surface area contributed by atoms with Gasteiger partial charge in [-0.15, -0.1) is 0 Å². The summed E-state index contributed by atoms with van der Waals surface area (Å²) in [6.45, 7) is 3.49. The van der Waals surface area contributed by atoms with Crippen molar-refractivity contribution in [1.29, 1.82) is 0 Å². The molecule has 166 valence electrons. The zero-order valence-corrected chi connectivity index (χ0v) is 17.9. The second-order valence-corrected chi connectivity index (χ2v) is 8.69. The molecule has 6 nitrogen and oxygen atoms in total. The summed E-state index contributed by atoms with van der Waals surface area (Å²) in [4.78, 5) is 28.7. The number of fused-ring (bicyclic) bond motifs is 2. The summed E-state index contributed by atoms with van der Waals surface area (Å²) < 4.78 is 18.7. The third-order valence-corrected chi connectivity index (χ3v) is 6.67. The molecule has 32 heavy (non-hydrogen) atoms. The number of carbonyl (C=O) groups excluding carboxylic acids is 2. The fourth-order valence-electron chi connectivity index (χ4n) is 4.88. The van der Waals surface area contributed by atoms with E-state index in [0.29, 0.717) is 29.2 Å². The number of piperidine rings is 1. The number of hydrogen-bond donors (Lipinski definition) is 0. The number of benzene rings is 2. The fourth-order valence-corrected chi connectivity index (χ4v) is 4.88. The van der Waals surface area contributed by atoms with Crippen molar-refractivity contribution in [3.05, 3.63) is 65.1 Å². The second kappa shape index (κ2) is 8.82. The Kier molecular flexibility index (Phi) is 5.74. The highest BCUT2D eigenvalue weighted by Crippen LogP contribution is 2.33. The van der Waals surface area contributed by atoms with Crippen LogP contribution < -0.4 is 0 Å². The van der Waals surface area contributed by atoms with Gasteiger partial charge in [-0.2, -0.15) is 0 Å². The first-order valence-electron chi connectivity index (χ1n) is 11.3. The number of rotatable bonds is 7. The Bertz CT molecular complexity index is 1120. The van der Waals surface area contributed by atoms with Crippen LogP contribution in [0.3, 0.4) is 0 Å². The lowest BCUT2D eigenvalue weighted by atomic mass is 9.91. The number of amides is 2. The Morgan fingerprint density at radius 1 is 0.938 bits per heavy atom. The van der Waals surface area contributed by atoms with Gasteiger partial charge >= 0.3 is 0 Å². The van der Waals surface area contributed by atoms with Crippen molar-refractivity contribution in [3.8, 4) is 0 Å². The lowest BCUT2D eigenvalue weighted by Crippen LogP contribution is -2.34. The number of likely N-dealkylation sites (tertiary alicyclic amines) is 1. The van der Waals surface area contributed by atoms with Gasteiger partial charge in [-0.1, -0.05) is 23.7 Å². The third kappa shape index (κ3) is 3.93. The van der Waals surface area contributed by atoms with Crippen molar-refractivity contribution < 1.29 is 18.5 Å². The van der Waals surface area contributed by atoms with E-state index in [1.807, 2.05) is 0 Å². The van der Waals surface area contributed by atoms with Crippen molar-refractivity contribution in [2.45, 2.75) is 38.0 Å². The predicted molar refractivity (Wildman–Crippen MR) is 118 cm³/mol. The summed E-state index contributed by atoms with van der Waals surface area (Å²) in [5.74, 6) is -0.309. The highest BCUT2D eigenvalue weighted by molar-refractivity contribution is 6.21. The van der Waals surface area contributed by atoms with E-state index in [1.165, 1.54) is 17.0 Å². The van der Waals surface area contributed by atoms with Crippen molar-refractivity contribution in [2.75, 3.05) is 26.2 Å². The summed E-state index contributed by atoms with van der Waals surface area (Å²) in [6, 6.07) is 11.6. The maximum atomic E-state index is 13.4. The van der Waals surface area contributed by atoms with E-state index >= 15 is 0 Å². The summed E-state index contributed by atoms with van der Waals surface area (Å²) in [5.41, 5.74) is 2.50. The lowest BCUT2D eigenvalue weighted by molar-refractivity contribution is 0.0651. The molecule has 0 bridgehead atoms. The normalized spacial score (nSPS) is 17.5. The monoisotopic (exact) mass is 435 g/mol. The minimum Gasteiger partial charge on any atom is -0.356 e. The van der Waals surface area contributed by atoms with E-state index < -0.39 is 0 Å². The molecule has 0 N–H and O–H groups in total.